The highest BCUT2D eigenvalue weighted by Gasteiger charge is 2.15. The van der Waals surface area contributed by atoms with E-state index in [4.69, 9.17) is 9.47 Å². The molecule has 1 N–H and O–H groups in total. The van der Waals surface area contributed by atoms with Crippen LogP contribution >= 0.6 is 0 Å². The summed E-state index contributed by atoms with van der Waals surface area (Å²) >= 11 is 0. The Balaban J connectivity index is 1.98. The standard InChI is InChI=1S/C18H21N3O5/c1-20(11-13-4-7-15(25-2)8-5-13)12-18(22)19-16-10-14(21(23)24)6-9-17(16)26-3/h4-10H,11-12H2,1-3H3,(H,19,22). The zero-order chi connectivity index (χ0) is 19.1. The van der Waals surface area contributed by atoms with E-state index in [1.54, 1.807) is 7.11 Å². The number of hydrogen-bond donors (Lipinski definition) is 1. The Bertz CT molecular complexity index is 777. The number of methoxy groups -OCH3 is 2. The Kier molecular flexibility index (Phi) is 6.51. The van der Waals surface area contributed by atoms with Gasteiger partial charge in [-0.25, -0.2) is 0 Å². The van der Waals surface area contributed by atoms with Crippen LogP contribution in [-0.2, 0) is 11.3 Å². The quantitative estimate of drug-likeness (QED) is 0.575. The Morgan fingerprint density at radius 2 is 1.85 bits per heavy atom. The minimum atomic E-state index is -0.523. The van der Waals surface area contributed by atoms with Crippen molar-refractivity contribution >= 4 is 17.3 Å². The predicted molar refractivity (Wildman–Crippen MR) is 97.6 cm³/mol. The number of amides is 1. The van der Waals surface area contributed by atoms with E-state index < -0.39 is 4.92 Å². The number of nitro benzene ring substituents is 1. The van der Waals surface area contributed by atoms with Crippen molar-refractivity contribution in [3.63, 3.8) is 0 Å². The van der Waals surface area contributed by atoms with Crippen molar-refractivity contribution in [3.05, 3.63) is 58.1 Å². The van der Waals surface area contributed by atoms with Crippen molar-refractivity contribution < 1.29 is 19.2 Å². The first-order valence-corrected chi connectivity index (χ1v) is 7.86. The first-order valence-electron chi connectivity index (χ1n) is 7.86. The predicted octanol–water partition coefficient (Wildman–Crippen LogP) is 2.68. The molecule has 0 aliphatic carbocycles. The maximum Gasteiger partial charge on any atom is 0.271 e. The fourth-order valence-electron chi connectivity index (χ4n) is 2.44. The molecule has 26 heavy (non-hydrogen) atoms. The summed E-state index contributed by atoms with van der Waals surface area (Å²) in [6.07, 6.45) is 0. The monoisotopic (exact) mass is 359 g/mol. The molecule has 2 aromatic rings. The van der Waals surface area contributed by atoms with Crippen LogP contribution in [0.5, 0.6) is 11.5 Å². The van der Waals surface area contributed by atoms with Gasteiger partial charge in [0.2, 0.25) is 5.91 Å². The van der Waals surface area contributed by atoms with Crippen LogP contribution in [0, 0.1) is 10.1 Å². The van der Waals surface area contributed by atoms with Crippen LogP contribution in [0.1, 0.15) is 5.56 Å². The van der Waals surface area contributed by atoms with E-state index in [0.29, 0.717) is 12.3 Å². The molecule has 8 nitrogen and oxygen atoms in total. The molecular formula is C18H21N3O5. The molecule has 0 aliphatic heterocycles. The summed E-state index contributed by atoms with van der Waals surface area (Å²) in [7, 11) is 4.86. The van der Waals surface area contributed by atoms with Gasteiger partial charge < -0.3 is 14.8 Å². The van der Waals surface area contributed by atoms with E-state index in [2.05, 4.69) is 5.32 Å². The highest BCUT2D eigenvalue weighted by atomic mass is 16.6. The molecule has 0 aromatic heterocycles. The van der Waals surface area contributed by atoms with Crippen LogP contribution < -0.4 is 14.8 Å². The van der Waals surface area contributed by atoms with Crippen LogP contribution in [0.3, 0.4) is 0 Å². The Morgan fingerprint density at radius 1 is 1.15 bits per heavy atom. The molecule has 2 rings (SSSR count). The van der Waals surface area contributed by atoms with Crippen molar-refractivity contribution in [2.45, 2.75) is 6.54 Å². The number of hydrogen-bond acceptors (Lipinski definition) is 6. The third-order valence-corrected chi connectivity index (χ3v) is 3.69. The summed E-state index contributed by atoms with van der Waals surface area (Å²) in [6, 6.07) is 11.6. The molecule has 8 heteroatoms. The molecular weight excluding hydrogens is 338 g/mol. The average molecular weight is 359 g/mol. The molecule has 138 valence electrons. The minimum absolute atomic E-state index is 0.118. The zero-order valence-electron chi connectivity index (χ0n) is 14.9. The second-order valence-electron chi connectivity index (χ2n) is 5.71. The number of benzene rings is 2. The fraction of sp³-hybridized carbons (Fsp3) is 0.278. The van der Waals surface area contributed by atoms with E-state index in [1.165, 1.54) is 25.3 Å². The maximum atomic E-state index is 12.3. The highest BCUT2D eigenvalue weighted by molar-refractivity contribution is 5.94. The van der Waals surface area contributed by atoms with E-state index >= 15 is 0 Å². The molecule has 0 radical (unpaired) electrons. The van der Waals surface area contributed by atoms with Crippen LogP contribution in [-0.4, -0.2) is 43.5 Å². The van der Waals surface area contributed by atoms with Gasteiger partial charge in [-0.15, -0.1) is 0 Å². The summed E-state index contributed by atoms with van der Waals surface area (Å²) in [6.45, 7) is 0.696. The van der Waals surface area contributed by atoms with E-state index in [9.17, 15) is 14.9 Å². The van der Waals surface area contributed by atoms with E-state index in [-0.39, 0.29) is 23.8 Å². The topological polar surface area (TPSA) is 93.9 Å². The third-order valence-electron chi connectivity index (χ3n) is 3.69. The number of carbonyl (C=O) groups is 1. The van der Waals surface area contributed by atoms with Gasteiger partial charge in [0.1, 0.15) is 11.5 Å². The smallest absolute Gasteiger partial charge is 0.271 e. The molecule has 1 amide bonds. The van der Waals surface area contributed by atoms with Gasteiger partial charge in [0, 0.05) is 18.7 Å². The van der Waals surface area contributed by atoms with Crippen LogP contribution in [0.25, 0.3) is 0 Å². The Morgan fingerprint density at radius 3 is 2.42 bits per heavy atom. The molecule has 2 aromatic carbocycles. The number of likely N-dealkylation sites (N-methyl/N-ethyl adjacent to an activating group) is 1. The number of nitrogens with zero attached hydrogens (tertiary/aromatic N) is 2. The van der Waals surface area contributed by atoms with Crippen molar-refractivity contribution in [1.82, 2.24) is 4.90 Å². The van der Waals surface area contributed by atoms with E-state index in [0.717, 1.165) is 11.3 Å². The van der Waals surface area contributed by atoms with Crippen molar-refractivity contribution in [1.29, 1.82) is 0 Å². The lowest BCUT2D eigenvalue weighted by Crippen LogP contribution is -2.30. The highest BCUT2D eigenvalue weighted by Crippen LogP contribution is 2.28. The lowest BCUT2D eigenvalue weighted by Gasteiger charge is -2.17. The lowest BCUT2D eigenvalue weighted by molar-refractivity contribution is -0.384. The molecule has 0 saturated carbocycles. The number of non-ortho nitro benzene ring substituents is 1. The Labute approximate surface area is 151 Å². The molecule has 0 spiro atoms. The molecule has 0 heterocycles. The van der Waals surface area contributed by atoms with Crippen molar-refractivity contribution in [2.75, 3.05) is 33.1 Å². The summed E-state index contributed by atoms with van der Waals surface area (Å²) < 4.78 is 10.3. The van der Waals surface area contributed by atoms with Crippen LogP contribution in [0.4, 0.5) is 11.4 Å². The largest absolute Gasteiger partial charge is 0.497 e. The van der Waals surface area contributed by atoms with Gasteiger partial charge in [-0.2, -0.15) is 0 Å². The maximum absolute atomic E-state index is 12.3. The van der Waals surface area contributed by atoms with Gasteiger partial charge >= 0.3 is 0 Å². The Hall–Kier alpha value is -3.13. The van der Waals surface area contributed by atoms with Gasteiger partial charge in [0.15, 0.2) is 0 Å². The third kappa shape index (κ3) is 5.18. The second-order valence-corrected chi connectivity index (χ2v) is 5.71. The second kappa shape index (κ2) is 8.82. The van der Waals surface area contributed by atoms with Crippen LogP contribution in [0.2, 0.25) is 0 Å². The molecule has 0 unspecified atom stereocenters. The summed E-state index contributed by atoms with van der Waals surface area (Å²) in [5.74, 6) is 0.841. The molecule has 0 fully saturated rings. The summed E-state index contributed by atoms with van der Waals surface area (Å²) in [4.78, 5) is 24.5. The first-order chi connectivity index (χ1) is 12.4. The number of carbonyl (C=O) groups excluding carboxylic acids is 1. The molecule has 0 bridgehead atoms. The number of rotatable bonds is 8. The zero-order valence-corrected chi connectivity index (χ0v) is 14.9. The van der Waals surface area contributed by atoms with Crippen LogP contribution in [0.15, 0.2) is 42.5 Å². The van der Waals surface area contributed by atoms with Gasteiger partial charge in [-0.3, -0.25) is 19.8 Å². The summed E-state index contributed by atoms with van der Waals surface area (Å²) in [5.41, 5.74) is 1.19. The number of anilines is 1. The normalized spacial score (nSPS) is 10.5. The fourth-order valence-corrected chi connectivity index (χ4v) is 2.44. The summed E-state index contributed by atoms with van der Waals surface area (Å²) in [5, 5.41) is 13.6. The van der Waals surface area contributed by atoms with Crippen molar-refractivity contribution in [3.8, 4) is 11.5 Å². The molecule has 0 saturated heterocycles. The minimum Gasteiger partial charge on any atom is -0.497 e. The SMILES string of the molecule is COc1ccc(CN(C)CC(=O)Nc2cc([N+](=O)[O-])ccc2OC)cc1. The van der Waals surface area contributed by atoms with E-state index in [1.807, 2.05) is 36.2 Å². The lowest BCUT2D eigenvalue weighted by atomic mass is 10.2. The van der Waals surface area contributed by atoms with Gasteiger partial charge in [-0.05, 0) is 30.8 Å². The van der Waals surface area contributed by atoms with Crippen molar-refractivity contribution in [2.24, 2.45) is 0 Å². The van der Waals surface area contributed by atoms with Gasteiger partial charge in [0.05, 0.1) is 31.4 Å². The van der Waals surface area contributed by atoms with Gasteiger partial charge in [0.25, 0.3) is 5.69 Å². The van der Waals surface area contributed by atoms with Gasteiger partial charge in [-0.1, -0.05) is 12.1 Å². The molecule has 0 aliphatic rings. The average Bonchev–Trinajstić information content (AvgIpc) is 2.62. The first kappa shape index (κ1) is 19.2. The number of ether oxygens (including phenoxy) is 2. The molecule has 0 atom stereocenters. The number of nitrogens with one attached hydrogen (secondary N) is 1. The number of nitro groups is 1.